The number of nitrogens with two attached hydrogens (primary N) is 2. The fourth-order valence-electron chi connectivity index (χ4n) is 11.5. The van der Waals surface area contributed by atoms with Crippen LogP contribution in [0.25, 0.3) is 0 Å². The normalized spacial score (nSPS) is 15.5. The fraction of sp³-hybridized carbons (Fsp3) is 0.500. The maximum atomic E-state index is 15.0. The summed E-state index contributed by atoms with van der Waals surface area (Å²) < 4.78 is 36.9. The number of carboxylic acid groups (broad SMARTS) is 5. The third-order valence-electron chi connectivity index (χ3n) is 17.4. The number of carboxylic acids is 5. The SMILES string of the molecule is CC[C@H](C)[C@H](NC(=O)[C@H](CCC(=O)O)NC(=O)[C@H](CCC(=O)O)NC(=O)[C@H](Cc1ccccc1)NC(=O)[C@H](CC(=O)O)NC(=O)CN)C(=O)N1CCC[C@H]1C(=O)N[C@@H](CCC(=O)O)C(=O)N[C@@H](Cc1ccc(OS(=O)(=O)O)cc1)C(=O)N[C@@H](Cc1ccc(O)cc1)C(=O)N[C@@H](CC(C)C)C(=O)N[C@@H](CCC(N)=O)C(=O)O. The number of hydrogen-bond acceptors (Lipinski definition) is 22. The average molecular weight is 1580 g/mol. The molecule has 1 heterocycles. The van der Waals surface area contributed by atoms with E-state index >= 15 is 0 Å². The van der Waals surface area contributed by atoms with Crippen LogP contribution in [0.4, 0.5) is 0 Å². The number of carbonyl (C=O) groups is 17. The zero-order chi connectivity index (χ0) is 83.0. The molecular formula is C70H95N13O27S. The summed E-state index contributed by atoms with van der Waals surface area (Å²) in [5, 5.41) is 82.8. The monoisotopic (exact) mass is 1580 g/mol. The molecule has 608 valence electrons. The number of likely N-dealkylation sites (tertiary alicyclic amines) is 1. The molecule has 0 radical (unpaired) electrons. The van der Waals surface area contributed by atoms with Gasteiger partial charge in [-0.2, -0.15) is 8.42 Å². The zero-order valence-corrected chi connectivity index (χ0v) is 61.9. The van der Waals surface area contributed by atoms with E-state index < -0.39 is 266 Å². The van der Waals surface area contributed by atoms with Gasteiger partial charge in [0.25, 0.3) is 0 Å². The zero-order valence-electron chi connectivity index (χ0n) is 61.0. The number of carbonyl (C=O) groups excluding carboxylic acids is 12. The van der Waals surface area contributed by atoms with Crippen molar-refractivity contribution >= 4 is 111 Å². The molecule has 12 amide bonds. The number of aromatic hydroxyl groups is 1. The van der Waals surface area contributed by atoms with Crippen LogP contribution >= 0.6 is 0 Å². The number of benzene rings is 3. The number of phenols is 1. The lowest BCUT2D eigenvalue weighted by molar-refractivity contribution is -0.144. The van der Waals surface area contributed by atoms with Crippen molar-refractivity contribution in [2.45, 2.75) is 197 Å². The average Bonchev–Trinajstić information content (AvgIpc) is 1.74. The summed E-state index contributed by atoms with van der Waals surface area (Å²) in [6.45, 7) is 5.60. The molecule has 1 aliphatic heterocycles. The van der Waals surface area contributed by atoms with Crippen molar-refractivity contribution in [2.24, 2.45) is 23.3 Å². The van der Waals surface area contributed by atoms with E-state index in [0.717, 1.165) is 17.0 Å². The van der Waals surface area contributed by atoms with E-state index in [9.17, 15) is 125 Å². The van der Waals surface area contributed by atoms with E-state index in [-0.39, 0.29) is 61.4 Å². The Bertz CT molecular complexity index is 3940. The van der Waals surface area contributed by atoms with E-state index in [1.54, 1.807) is 39.0 Å². The van der Waals surface area contributed by atoms with Gasteiger partial charge in [0.15, 0.2) is 0 Å². The number of nitrogens with one attached hydrogen (secondary N) is 10. The number of nitrogens with zero attached hydrogens (tertiary/aromatic N) is 1. The first kappa shape index (κ1) is 91.5. The molecule has 41 heteroatoms. The van der Waals surface area contributed by atoms with Gasteiger partial charge in [-0.05, 0) is 97.7 Å². The molecule has 40 nitrogen and oxygen atoms in total. The standard InChI is InChI=1S/C70H95N13O27S/c1-5-37(4)59(82-62(97)45(24-28-57(91)92)74-60(95)43(22-26-55(87)88)75-64(99)48(31-38-10-7-6-8-11-38)81-67(102)51(34-58(93)94)73-54(86)35-71)69(104)83-29-9-12-52(83)68(103)76-44(23-27-56(89)90)61(96)79-49(33-40-15-19-42(20-16-40)110-111(107,108)109)66(101)80-50(32-39-13-17-41(84)18-14-39)65(100)78-47(30-36(2)3)63(98)77-46(70(105)106)21-25-53(72)85/h6-8,10-11,13-20,36-37,43-52,59,84H,5,9,12,21-35,71H2,1-4H3,(H2,72,85)(H,73,86)(H,74,95)(H,75,99)(H,76,103)(H,77,98)(H,78,100)(H,79,96)(H,80,101)(H,81,102)(H,82,97)(H,87,88)(H,89,90)(H,91,92)(H,93,94)(H,105,106)(H,107,108,109)/t37-,43-,44-,45-,46-,47-,48-,49-,50-,51-,52-,59-/m0/s1. The number of amides is 12. The van der Waals surface area contributed by atoms with Gasteiger partial charge < -0.3 is 104 Å². The minimum Gasteiger partial charge on any atom is -0.508 e. The quantitative estimate of drug-likeness (QED) is 0.0249. The van der Waals surface area contributed by atoms with Gasteiger partial charge in [0.2, 0.25) is 70.9 Å². The Balaban J connectivity index is 1.70. The highest BCUT2D eigenvalue weighted by molar-refractivity contribution is 7.81. The number of primary amides is 1. The van der Waals surface area contributed by atoms with Crippen LogP contribution in [0.1, 0.15) is 128 Å². The molecule has 3 aromatic rings. The van der Waals surface area contributed by atoms with Gasteiger partial charge in [-0.3, -0.25) is 81.3 Å². The summed E-state index contributed by atoms with van der Waals surface area (Å²) in [4.78, 5) is 229. The van der Waals surface area contributed by atoms with E-state index in [2.05, 4.69) is 57.4 Å². The van der Waals surface area contributed by atoms with E-state index in [4.69, 9.17) is 11.5 Å². The summed E-state index contributed by atoms with van der Waals surface area (Å²) in [6.07, 6.45) is -7.78. The highest BCUT2D eigenvalue weighted by atomic mass is 32.3. The first-order valence-electron chi connectivity index (χ1n) is 35.2. The molecule has 1 aliphatic rings. The molecular weight excluding hydrogens is 1490 g/mol. The predicted molar refractivity (Wildman–Crippen MR) is 385 cm³/mol. The van der Waals surface area contributed by atoms with Crippen LogP contribution in [0.2, 0.25) is 0 Å². The van der Waals surface area contributed by atoms with Crippen molar-refractivity contribution in [3.05, 3.63) is 95.6 Å². The van der Waals surface area contributed by atoms with Crippen molar-refractivity contribution in [1.29, 1.82) is 0 Å². The molecule has 0 saturated carbocycles. The Labute approximate surface area is 636 Å². The van der Waals surface area contributed by atoms with Crippen molar-refractivity contribution in [2.75, 3.05) is 13.1 Å². The molecule has 111 heavy (non-hydrogen) atoms. The Morgan fingerprint density at radius 2 is 0.892 bits per heavy atom. The third-order valence-corrected chi connectivity index (χ3v) is 17.8. The minimum absolute atomic E-state index is 0.0965. The lowest BCUT2D eigenvalue weighted by atomic mass is 9.96. The largest absolute Gasteiger partial charge is 0.508 e. The molecule has 1 saturated heterocycles. The van der Waals surface area contributed by atoms with E-state index in [1.165, 1.54) is 55.5 Å². The van der Waals surface area contributed by atoms with Crippen LogP contribution in [-0.4, -0.2) is 229 Å². The predicted octanol–water partition coefficient (Wildman–Crippen LogP) is -3.09. The molecule has 0 unspecified atom stereocenters. The summed E-state index contributed by atoms with van der Waals surface area (Å²) in [6, 6.07) is -1.36. The van der Waals surface area contributed by atoms with E-state index in [0.29, 0.717) is 5.56 Å². The summed E-state index contributed by atoms with van der Waals surface area (Å²) in [5.74, 6) is -22.5. The highest BCUT2D eigenvalue weighted by Gasteiger charge is 2.43. The van der Waals surface area contributed by atoms with Gasteiger partial charge in [0.1, 0.15) is 78.0 Å². The lowest BCUT2D eigenvalue weighted by Crippen LogP contribution is -2.61. The molecule has 21 N–H and O–H groups in total. The minimum atomic E-state index is -5.06. The molecule has 12 atom stereocenters. The van der Waals surface area contributed by atoms with Crippen molar-refractivity contribution in [3.63, 3.8) is 0 Å². The summed E-state index contributed by atoms with van der Waals surface area (Å²) in [5.41, 5.74) is 11.4. The first-order chi connectivity index (χ1) is 52.2. The summed E-state index contributed by atoms with van der Waals surface area (Å²) >= 11 is 0. The van der Waals surface area contributed by atoms with Gasteiger partial charge in [0.05, 0.1) is 13.0 Å². The highest BCUT2D eigenvalue weighted by Crippen LogP contribution is 2.24. The molecule has 0 aromatic heterocycles. The first-order valence-corrected chi connectivity index (χ1v) is 36.5. The van der Waals surface area contributed by atoms with Crippen molar-refractivity contribution in [3.8, 4) is 11.5 Å². The second-order valence-corrected chi connectivity index (χ2v) is 27.7. The van der Waals surface area contributed by atoms with Gasteiger partial charge in [-0.25, -0.2) is 4.79 Å². The Kier molecular flexibility index (Phi) is 36.7. The number of hydrogen-bond donors (Lipinski definition) is 19. The van der Waals surface area contributed by atoms with Crippen LogP contribution in [0, 0.1) is 11.8 Å². The second-order valence-electron chi connectivity index (χ2n) is 26.7. The van der Waals surface area contributed by atoms with Gasteiger partial charge in [-0.15, -0.1) is 0 Å². The molecule has 0 bridgehead atoms. The van der Waals surface area contributed by atoms with E-state index in [1.807, 2.05) is 0 Å². The Morgan fingerprint density at radius 3 is 1.32 bits per heavy atom. The molecule has 4 rings (SSSR count). The molecule has 0 aliphatic carbocycles. The van der Waals surface area contributed by atoms with Crippen molar-refractivity contribution in [1.82, 2.24) is 58.1 Å². The topological polar surface area (TPSA) is 651 Å². The summed E-state index contributed by atoms with van der Waals surface area (Å²) in [7, 11) is -5.06. The van der Waals surface area contributed by atoms with Crippen LogP contribution in [0.15, 0.2) is 78.9 Å². The molecule has 0 spiro atoms. The van der Waals surface area contributed by atoms with Gasteiger partial charge >= 0.3 is 40.2 Å². The number of phenolic OH excluding ortho intramolecular Hbond substituents is 1. The fourth-order valence-corrected chi connectivity index (χ4v) is 11.8. The third kappa shape index (κ3) is 32.5. The maximum Gasteiger partial charge on any atom is 0.446 e. The van der Waals surface area contributed by atoms with Gasteiger partial charge in [-0.1, -0.05) is 88.7 Å². The molecule has 3 aromatic carbocycles. The maximum absolute atomic E-state index is 15.0. The number of rotatable bonds is 48. The molecule has 1 fully saturated rings. The van der Waals surface area contributed by atoms with Crippen LogP contribution in [-0.2, 0) is 111 Å². The Morgan fingerprint density at radius 1 is 0.495 bits per heavy atom. The van der Waals surface area contributed by atoms with Gasteiger partial charge in [0, 0.05) is 51.5 Å². The lowest BCUT2D eigenvalue weighted by Gasteiger charge is -2.33. The Hall–Kier alpha value is -11.9. The van der Waals surface area contributed by atoms with Crippen molar-refractivity contribution < 1.29 is 129 Å². The smallest absolute Gasteiger partial charge is 0.446 e. The van der Waals surface area contributed by atoms with Crippen LogP contribution in [0.3, 0.4) is 0 Å². The van der Waals surface area contributed by atoms with Crippen LogP contribution < -0.4 is 68.8 Å². The second kappa shape index (κ2) is 44.6. The van der Waals surface area contributed by atoms with Crippen LogP contribution in [0.5, 0.6) is 11.5 Å². The number of aliphatic carboxylic acids is 5.